The van der Waals surface area contributed by atoms with E-state index in [4.69, 9.17) is 16.3 Å². The summed E-state index contributed by atoms with van der Waals surface area (Å²) >= 11 is 6.18. The van der Waals surface area contributed by atoms with Crippen molar-refractivity contribution >= 4 is 33.2 Å². The molecule has 1 fully saturated rings. The summed E-state index contributed by atoms with van der Waals surface area (Å²) in [4.78, 5) is 13.0. The van der Waals surface area contributed by atoms with Gasteiger partial charge in [0.25, 0.3) is 0 Å². The molecule has 0 spiro atoms. The third-order valence-electron chi connectivity index (χ3n) is 5.33. The molecule has 1 atom stereocenters. The summed E-state index contributed by atoms with van der Waals surface area (Å²) in [6.07, 6.45) is 1.27. The Morgan fingerprint density at radius 3 is 2.57 bits per heavy atom. The van der Waals surface area contributed by atoms with Crippen molar-refractivity contribution in [2.75, 3.05) is 25.0 Å². The Balaban J connectivity index is 1.76. The van der Waals surface area contributed by atoms with Crippen molar-refractivity contribution in [1.29, 1.82) is 0 Å². The Labute approximate surface area is 183 Å². The number of hydrogen-bond donors (Lipinski definition) is 1. The van der Waals surface area contributed by atoms with Crippen LogP contribution >= 0.6 is 11.6 Å². The third kappa shape index (κ3) is 4.79. The van der Waals surface area contributed by atoms with Gasteiger partial charge in [-0.3, -0.25) is 4.79 Å². The van der Waals surface area contributed by atoms with Gasteiger partial charge in [-0.1, -0.05) is 29.8 Å². The second-order valence-corrected chi connectivity index (χ2v) is 9.83. The van der Waals surface area contributed by atoms with Crippen molar-refractivity contribution in [2.24, 2.45) is 5.92 Å². The Hall–Kier alpha value is -2.09. The van der Waals surface area contributed by atoms with E-state index in [-0.39, 0.29) is 22.4 Å². The van der Waals surface area contributed by atoms with E-state index < -0.39 is 15.9 Å². The van der Waals surface area contributed by atoms with Crippen LogP contribution in [0.2, 0.25) is 5.02 Å². The summed E-state index contributed by atoms with van der Waals surface area (Å²) in [5.41, 5.74) is 2.75. The normalized spacial score (nSPS) is 17.5. The highest BCUT2D eigenvalue weighted by molar-refractivity contribution is 7.89. The van der Waals surface area contributed by atoms with Gasteiger partial charge >= 0.3 is 0 Å². The minimum atomic E-state index is -3.76. The first kappa shape index (κ1) is 22.6. The first-order chi connectivity index (χ1) is 14.2. The average Bonchev–Trinajstić information content (AvgIpc) is 2.72. The molecule has 1 saturated heterocycles. The molecule has 0 saturated carbocycles. The molecule has 3 rings (SSSR count). The largest absolute Gasteiger partial charge is 0.492 e. The van der Waals surface area contributed by atoms with Crippen LogP contribution in [0.3, 0.4) is 0 Å². The smallest absolute Gasteiger partial charge is 0.243 e. The quantitative estimate of drug-likeness (QED) is 0.707. The number of rotatable bonds is 6. The van der Waals surface area contributed by atoms with E-state index in [0.717, 1.165) is 16.8 Å². The van der Waals surface area contributed by atoms with Gasteiger partial charge in [0.15, 0.2) is 0 Å². The summed E-state index contributed by atoms with van der Waals surface area (Å²) in [6.45, 7) is 6.67. The van der Waals surface area contributed by atoms with Crippen molar-refractivity contribution in [3.8, 4) is 5.75 Å². The number of amides is 1. The van der Waals surface area contributed by atoms with Crippen molar-refractivity contribution in [3.05, 3.63) is 52.5 Å². The van der Waals surface area contributed by atoms with Gasteiger partial charge in [-0.2, -0.15) is 4.31 Å². The maximum absolute atomic E-state index is 13.1. The number of carbonyl (C=O) groups is 1. The van der Waals surface area contributed by atoms with Gasteiger partial charge in [0.2, 0.25) is 15.9 Å². The second kappa shape index (κ2) is 9.37. The molecule has 1 N–H and O–H groups in total. The Kier molecular flexibility index (Phi) is 7.06. The minimum absolute atomic E-state index is 0.103. The highest BCUT2D eigenvalue weighted by Gasteiger charge is 2.34. The van der Waals surface area contributed by atoms with E-state index in [1.165, 1.54) is 16.4 Å². The fourth-order valence-electron chi connectivity index (χ4n) is 3.68. The molecule has 0 aliphatic carbocycles. The Morgan fingerprint density at radius 1 is 1.23 bits per heavy atom. The monoisotopic (exact) mass is 450 g/mol. The van der Waals surface area contributed by atoms with Crippen LogP contribution in [-0.2, 0) is 14.8 Å². The summed E-state index contributed by atoms with van der Waals surface area (Å²) in [5, 5.41) is 3.24. The molecule has 0 unspecified atom stereocenters. The minimum Gasteiger partial charge on any atom is -0.492 e. The molecule has 1 amide bonds. The number of anilines is 1. The van der Waals surface area contributed by atoms with Gasteiger partial charge in [0.05, 0.1) is 22.4 Å². The molecule has 1 heterocycles. The van der Waals surface area contributed by atoms with E-state index in [1.807, 2.05) is 39.0 Å². The molecule has 1 aliphatic heterocycles. The number of piperidine rings is 1. The molecule has 30 heavy (non-hydrogen) atoms. The zero-order valence-corrected chi connectivity index (χ0v) is 19.0. The Bertz CT molecular complexity index is 1020. The number of hydrogen-bond acceptors (Lipinski definition) is 4. The molecule has 6 nitrogen and oxygen atoms in total. The molecule has 2 aromatic rings. The van der Waals surface area contributed by atoms with Gasteiger partial charge in [-0.25, -0.2) is 8.42 Å². The molecule has 0 aromatic heterocycles. The molecule has 2 aromatic carbocycles. The number of carbonyl (C=O) groups excluding carboxylic acids is 1. The van der Waals surface area contributed by atoms with Gasteiger partial charge in [0, 0.05) is 18.8 Å². The lowest BCUT2D eigenvalue weighted by atomic mass is 9.98. The molecule has 8 heteroatoms. The maximum atomic E-state index is 13.1. The van der Waals surface area contributed by atoms with Crippen LogP contribution in [0.25, 0.3) is 0 Å². The lowest BCUT2D eigenvalue weighted by Crippen LogP contribution is -2.43. The third-order valence-corrected chi connectivity index (χ3v) is 7.48. The van der Waals surface area contributed by atoms with Crippen LogP contribution < -0.4 is 10.1 Å². The number of benzene rings is 2. The van der Waals surface area contributed by atoms with Crippen molar-refractivity contribution in [1.82, 2.24) is 4.31 Å². The molecule has 0 radical (unpaired) electrons. The van der Waals surface area contributed by atoms with Crippen molar-refractivity contribution < 1.29 is 17.9 Å². The van der Waals surface area contributed by atoms with Crippen molar-refractivity contribution in [2.45, 2.75) is 38.5 Å². The number of aryl methyl sites for hydroxylation is 2. The predicted octanol–water partition coefficient (Wildman–Crippen LogP) is 4.39. The molecule has 0 bridgehead atoms. The summed E-state index contributed by atoms with van der Waals surface area (Å²) in [6, 6.07) is 10.3. The standard InChI is InChI=1S/C22H27ClN2O4S/c1-4-29-20-11-10-18(13-19(20)23)30(27,28)25-12-6-9-17(14-25)22(26)24-21-15(2)7-5-8-16(21)3/h5,7-8,10-11,13,17H,4,6,9,12,14H2,1-3H3,(H,24,26)/t17-/m1/s1. The molecular formula is C22H27ClN2O4S. The first-order valence-electron chi connectivity index (χ1n) is 10.0. The van der Waals surface area contributed by atoms with E-state index >= 15 is 0 Å². The number of para-hydroxylation sites is 1. The van der Waals surface area contributed by atoms with Crippen LogP contribution in [0.4, 0.5) is 5.69 Å². The number of ether oxygens (including phenoxy) is 1. The average molecular weight is 451 g/mol. The van der Waals surface area contributed by atoms with Gasteiger partial charge < -0.3 is 10.1 Å². The van der Waals surface area contributed by atoms with Gasteiger partial charge in [0.1, 0.15) is 5.75 Å². The van der Waals surface area contributed by atoms with E-state index in [9.17, 15) is 13.2 Å². The van der Waals surface area contributed by atoms with Crippen molar-refractivity contribution in [3.63, 3.8) is 0 Å². The number of sulfonamides is 1. The fourth-order valence-corrected chi connectivity index (χ4v) is 5.53. The molecule has 162 valence electrons. The number of halogens is 1. The predicted molar refractivity (Wildman–Crippen MR) is 119 cm³/mol. The molecule has 1 aliphatic rings. The van der Waals surface area contributed by atoms with Crippen LogP contribution in [0.1, 0.15) is 30.9 Å². The van der Waals surface area contributed by atoms with E-state index in [1.54, 1.807) is 6.07 Å². The highest BCUT2D eigenvalue weighted by atomic mass is 35.5. The summed E-state index contributed by atoms with van der Waals surface area (Å²) in [5.74, 6) is -0.120. The van der Waals surface area contributed by atoms with Crippen LogP contribution in [0.5, 0.6) is 5.75 Å². The second-order valence-electron chi connectivity index (χ2n) is 7.48. The zero-order valence-electron chi connectivity index (χ0n) is 17.4. The SMILES string of the molecule is CCOc1ccc(S(=O)(=O)N2CCC[C@@H](C(=O)Nc3c(C)cccc3C)C2)cc1Cl. The van der Waals surface area contributed by atoms with E-state index in [2.05, 4.69) is 5.32 Å². The highest BCUT2D eigenvalue weighted by Crippen LogP contribution is 2.31. The van der Waals surface area contributed by atoms with Crippen LogP contribution in [-0.4, -0.2) is 38.3 Å². The van der Waals surface area contributed by atoms with Crippen LogP contribution in [0, 0.1) is 19.8 Å². The van der Waals surface area contributed by atoms with Crippen LogP contribution in [0.15, 0.2) is 41.3 Å². The molecular weight excluding hydrogens is 424 g/mol. The summed E-state index contributed by atoms with van der Waals surface area (Å²) in [7, 11) is -3.76. The lowest BCUT2D eigenvalue weighted by molar-refractivity contribution is -0.120. The Morgan fingerprint density at radius 2 is 1.93 bits per heavy atom. The van der Waals surface area contributed by atoms with Gasteiger partial charge in [-0.15, -0.1) is 0 Å². The summed E-state index contributed by atoms with van der Waals surface area (Å²) < 4.78 is 33.0. The maximum Gasteiger partial charge on any atom is 0.243 e. The number of nitrogens with one attached hydrogen (secondary N) is 1. The topological polar surface area (TPSA) is 75.7 Å². The lowest BCUT2D eigenvalue weighted by Gasteiger charge is -2.31. The zero-order chi connectivity index (χ0) is 21.9. The fraction of sp³-hybridized carbons (Fsp3) is 0.409. The van der Waals surface area contributed by atoms with Gasteiger partial charge in [-0.05, 0) is 62.9 Å². The first-order valence-corrected chi connectivity index (χ1v) is 11.9. The number of nitrogens with zero attached hydrogens (tertiary/aromatic N) is 1. The van der Waals surface area contributed by atoms with E-state index in [0.29, 0.717) is 31.7 Å².